The van der Waals surface area contributed by atoms with Crippen molar-refractivity contribution in [3.05, 3.63) is 64.3 Å². The van der Waals surface area contributed by atoms with Crippen molar-refractivity contribution in [1.82, 2.24) is 4.98 Å². The van der Waals surface area contributed by atoms with Crippen molar-refractivity contribution in [2.45, 2.75) is 40.2 Å². The molecule has 3 aromatic rings. The van der Waals surface area contributed by atoms with E-state index >= 15 is 0 Å². The number of hydrogen-bond acceptors (Lipinski definition) is 4. The molecular formula is C24H24N2O4. The minimum Gasteiger partial charge on any atom is -0.451 e. The molecule has 0 saturated heterocycles. The number of amides is 1. The van der Waals surface area contributed by atoms with Crippen molar-refractivity contribution in [3.8, 4) is 0 Å². The average molecular weight is 404 g/mol. The lowest BCUT2D eigenvalue weighted by Gasteiger charge is -2.16. The lowest BCUT2D eigenvalue weighted by molar-refractivity contribution is -0.116. The highest BCUT2D eigenvalue weighted by molar-refractivity contribution is 6.03. The van der Waals surface area contributed by atoms with Crippen LogP contribution in [0.2, 0.25) is 0 Å². The van der Waals surface area contributed by atoms with Crippen molar-refractivity contribution in [3.63, 3.8) is 0 Å². The summed E-state index contributed by atoms with van der Waals surface area (Å²) in [5.74, 6) is -0.804. The molecule has 0 fully saturated rings. The Bertz CT molecular complexity index is 1190. The quantitative estimate of drug-likeness (QED) is 0.524. The summed E-state index contributed by atoms with van der Waals surface area (Å²) in [4.78, 5) is 42.1. The Morgan fingerprint density at radius 3 is 2.53 bits per heavy atom. The smallest absolute Gasteiger partial charge is 0.338 e. The van der Waals surface area contributed by atoms with Gasteiger partial charge >= 0.3 is 5.97 Å². The maximum Gasteiger partial charge on any atom is 0.338 e. The number of anilines is 1. The van der Waals surface area contributed by atoms with E-state index in [0.717, 1.165) is 33.4 Å². The molecule has 4 rings (SSSR count). The first-order valence-corrected chi connectivity index (χ1v) is 10.0. The van der Waals surface area contributed by atoms with Crippen LogP contribution in [-0.4, -0.2) is 35.3 Å². The van der Waals surface area contributed by atoms with Gasteiger partial charge in [0.05, 0.1) is 5.56 Å². The zero-order valence-corrected chi connectivity index (χ0v) is 17.5. The third kappa shape index (κ3) is 3.38. The summed E-state index contributed by atoms with van der Waals surface area (Å²) in [5.41, 5.74) is 5.79. The minimum absolute atomic E-state index is 0.0139. The van der Waals surface area contributed by atoms with Crippen LogP contribution in [0.15, 0.2) is 36.4 Å². The Morgan fingerprint density at radius 2 is 1.80 bits per heavy atom. The average Bonchev–Trinajstić information content (AvgIpc) is 3.27. The van der Waals surface area contributed by atoms with Gasteiger partial charge in [0.15, 0.2) is 6.10 Å². The zero-order valence-electron chi connectivity index (χ0n) is 17.5. The van der Waals surface area contributed by atoms with Gasteiger partial charge in [-0.05, 0) is 74.7 Å². The number of esters is 1. The summed E-state index contributed by atoms with van der Waals surface area (Å²) in [5, 5.41) is 0.967. The molecule has 0 saturated carbocycles. The number of aromatic nitrogens is 1. The van der Waals surface area contributed by atoms with Crippen molar-refractivity contribution >= 4 is 34.3 Å². The molecule has 1 atom stereocenters. The number of ether oxygens (including phenoxy) is 1. The van der Waals surface area contributed by atoms with E-state index in [1.165, 1.54) is 6.92 Å². The maximum atomic E-state index is 12.8. The second-order valence-electron chi connectivity index (χ2n) is 7.81. The van der Waals surface area contributed by atoms with Crippen LogP contribution < -0.4 is 4.90 Å². The molecule has 1 aliphatic rings. The SMILES string of the molecule is CC(=O)N1CCc2cc(C(=O)C(C)OC(=O)c3ccc4[nH]c(C)c(C)c4c3)ccc21. The number of Topliss-reactive ketones (excluding diaryl/α,β-unsaturated/α-hetero) is 1. The summed E-state index contributed by atoms with van der Waals surface area (Å²) in [6.07, 6.45) is -0.203. The second-order valence-corrected chi connectivity index (χ2v) is 7.81. The zero-order chi connectivity index (χ0) is 21.6. The Labute approximate surface area is 174 Å². The fraction of sp³-hybridized carbons (Fsp3) is 0.292. The van der Waals surface area contributed by atoms with Crippen LogP contribution >= 0.6 is 0 Å². The molecule has 154 valence electrons. The first-order chi connectivity index (χ1) is 14.3. The van der Waals surface area contributed by atoms with E-state index in [4.69, 9.17) is 4.74 Å². The molecule has 6 nitrogen and oxygen atoms in total. The summed E-state index contributed by atoms with van der Waals surface area (Å²) in [6, 6.07) is 10.6. The first-order valence-electron chi connectivity index (χ1n) is 10.0. The molecule has 1 amide bonds. The maximum absolute atomic E-state index is 12.8. The highest BCUT2D eigenvalue weighted by atomic mass is 16.5. The molecule has 0 aliphatic carbocycles. The Morgan fingerprint density at radius 1 is 1.07 bits per heavy atom. The fourth-order valence-corrected chi connectivity index (χ4v) is 3.99. The van der Waals surface area contributed by atoms with Gasteiger partial charge in [-0.3, -0.25) is 9.59 Å². The van der Waals surface area contributed by atoms with E-state index in [1.807, 2.05) is 19.9 Å². The van der Waals surface area contributed by atoms with Crippen LogP contribution in [-0.2, 0) is 16.0 Å². The van der Waals surface area contributed by atoms with E-state index in [-0.39, 0.29) is 11.7 Å². The van der Waals surface area contributed by atoms with Gasteiger partial charge in [-0.1, -0.05) is 0 Å². The lowest BCUT2D eigenvalue weighted by Crippen LogP contribution is -2.26. The molecule has 1 unspecified atom stereocenters. The number of fused-ring (bicyclic) bond motifs is 2. The number of benzene rings is 2. The van der Waals surface area contributed by atoms with E-state index < -0.39 is 12.1 Å². The molecule has 1 aromatic heterocycles. The molecule has 0 spiro atoms. The molecule has 1 N–H and O–H groups in total. The number of aromatic amines is 1. The van der Waals surface area contributed by atoms with Crippen molar-refractivity contribution < 1.29 is 19.1 Å². The van der Waals surface area contributed by atoms with E-state index in [2.05, 4.69) is 4.98 Å². The van der Waals surface area contributed by atoms with Crippen LogP contribution in [0.5, 0.6) is 0 Å². The third-order valence-corrected chi connectivity index (χ3v) is 5.84. The van der Waals surface area contributed by atoms with Crippen LogP contribution in [0.3, 0.4) is 0 Å². The van der Waals surface area contributed by atoms with Gasteiger partial charge in [-0.2, -0.15) is 0 Å². The minimum atomic E-state index is -0.911. The van der Waals surface area contributed by atoms with Crippen molar-refractivity contribution in [1.29, 1.82) is 0 Å². The number of hydrogen-bond donors (Lipinski definition) is 1. The molecular weight excluding hydrogens is 380 g/mol. The summed E-state index contributed by atoms with van der Waals surface area (Å²) < 4.78 is 5.46. The van der Waals surface area contributed by atoms with Gasteiger partial charge in [0, 0.05) is 41.3 Å². The van der Waals surface area contributed by atoms with Crippen LogP contribution in [0.1, 0.15) is 51.4 Å². The van der Waals surface area contributed by atoms with E-state index in [0.29, 0.717) is 24.1 Å². The number of carbonyl (C=O) groups excluding carboxylic acids is 3. The molecule has 6 heteroatoms. The predicted octanol–water partition coefficient (Wildman–Crippen LogP) is 4.12. The van der Waals surface area contributed by atoms with Crippen molar-refractivity contribution in [2.24, 2.45) is 0 Å². The van der Waals surface area contributed by atoms with Gasteiger partial charge in [-0.25, -0.2) is 4.79 Å². The van der Waals surface area contributed by atoms with Crippen molar-refractivity contribution in [2.75, 3.05) is 11.4 Å². The topological polar surface area (TPSA) is 79.5 Å². The third-order valence-electron chi connectivity index (χ3n) is 5.84. The predicted molar refractivity (Wildman–Crippen MR) is 115 cm³/mol. The first kappa shape index (κ1) is 19.9. The lowest BCUT2D eigenvalue weighted by atomic mass is 10.0. The highest BCUT2D eigenvalue weighted by Crippen LogP contribution is 2.29. The summed E-state index contributed by atoms with van der Waals surface area (Å²) in [6.45, 7) is 7.72. The van der Waals surface area contributed by atoms with E-state index in [1.54, 1.807) is 42.2 Å². The van der Waals surface area contributed by atoms with Gasteiger partial charge in [0.2, 0.25) is 11.7 Å². The van der Waals surface area contributed by atoms with Crippen LogP contribution in [0, 0.1) is 13.8 Å². The number of ketones is 1. The molecule has 1 aliphatic heterocycles. The largest absolute Gasteiger partial charge is 0.451 e. The Kier molecular flexibility index (Phi) is 4.94. The standard InChI is InChI=1S/C24H24N2O4/c1-13-14(2)25-21-7-5-19(12-20(13)21)24(29)30-15(3)23(28)18-6-8-22-17(11-18)9-10-26(22)16(4)27/h5-8,11-12,15,25H,9-10H2,1-4H3. The molecule has 2 heterocycles. The monoisotopic (exact) mass is 404 g/mol. The van der Waals surface area contributed by atoms with Gasteiger partial charge in [0.25, 0.3) is 0 Å². The number of aryl methyl sites for hydroxylation is 2. The van der Waals surface area contributed by atoms with Crippen LogP contribution in [0.25, 0.3) is 10.9 Å². The van der Waals surface area contributed by atoms with E-state index in [9.17, 15) is 14.4 Å². The number of nitrogens with one attached hydrogen (secondary N) is 1. The second kappa shape index (κ2) is 7.44. The fourth-order valence-electron chi connectivity index (χ4n) is 3.99. The number of rotatable bonds is 4. The number of H-pyrrole nitrogens is 1. The summed E-state index contributed by atoms with van der Waals surface area (Å²) in [7, 11) is 0. The van der Waals surface area contributed by atoms with Gasteiger partial charge in [-0.15, -0.1) is 0 Å². The van der Waals surface area contributed by atoms with Gasteiger partial charge < -0.3 is 14.6 Å². The molecule has 30 heavy (non-hydrogen) atoms. The highest BCUT2D eigenvalue weighted by Gasteiger charge is 2.26. The number of carbonyl (C=O) groups is 3. The Hall–Kier alpha value is -3.41. The summed E-state index contributed by atoms with van der Waals surface area (Å²) >= 11 is 0. The molecule has 0 bridgehead atoms. The molecule has 0 radical (unpaired) electrons. The normalized spacial score (nSPS) is 13.9. The number of nitrogens with zero attached hydrogens (tertiary/aromatic N) is 1. The molecule has 2 aromatic carbocycles. The van der Waals surface area contributed by atoms with Crippen LogP contribution in [0.4, 0.5) is 5.69 Å². The van der Waals surface area contributed by atoms with Gasteiger partial charge in [0.1, 0.15) is 0 Å². The Balaban J connectivity index is 1.50.